The average molecular weight is 251 g/mol. The number of nitrogens with zero attached hydrogens (tertiary/aromatic N) is 1. The van der Waals surface area contributed by atoms with Gasteiger partial charge in [0.1, 0.15) is 0 Å². The number of anilines is 1. The molecule has 0 fully saturated rings. The molecular weight excluding hydrogens is 234 g/mol. The first-order valence-electron chi connectivity index (χ1n) is 6.26. The van der Waals surface area contributed by atoms with E-state index in [-0.39, 0.29) is 6.04 Å². The summed E-state index contributed by atoms with van der Waals surface area (Å²) >= 11 is 0. The van der Waals surface area contributed by atoms with Crippen LogP contribution in [-0.4, -0.2) is 6.54 Å². The monoisotopic (exact) mass is 251 g/mol. The molecular formula is C16H17N3. The van der Waals surface area contributed by atoms with E-state index in [1.807, 2.05) is 55.5 Å². The van der Waals surface area contributed by atoms with Crippen molar-refractivity contribution in [2.45, 2.75) is 13.0 Å². The minimum absolute atomic E-state index is 0.0443. The normalized spacial score (nSPS) is 11.6. The first-order chi connectivity index (χ1) is 9.20. The summed E-state index contributed by atoms with van der Waals surface area (Å²) in [5.41, 5.74) is 9.90. The summed E-state index contributed by atoms with van der Waals surface area (Å²) in [6.45, 7) is 2.59. The van der Waals surface area contributed by atoms with Crippen molar-refractivity contribution in [3.05, 3.63) is 65.2 Å². The summed E-state index contributed by atoms with van der Waals surface area (Å²) in [4.78, 5) is 0. The summed E-state index contributed by atoms with van der Waals surface area (Å²) in [6, 6.07) is 17.8. The van der Waals surface area contributed by atoms with Crippen molar-refractivity contribution in [2.75, 3.05) is 11.9 Å². The maximum atomic E-state index is 8.89. The van der Waals surface area contributed by atoms with Gasteiger partial charge < -0.3 is 11.1 Å². The molecule has 0 saturated carbocycles. The smallest absolute Gasteiger partial charge is 0.0994 e. The molecule has 1 atom stereocenters. The van der Waals surface area contributed by atoms with E-state index in [9.17, 15) is 0 Å². The largest absolute Gasteiger partial charge is 0.383 e. The van der Waals surface area contributed by atoms with E-state index in [1.54, 1.807) is 0 Å². The number of hydrogen-bond acceptors (Lipinski definition) is 3. The number of rotatable bonds is 4. The third-order valence-corrected chi connectivity index (χ3v) is 3.10. The molecule has 0 radical (unpaired) electrons. The average Bonchev–Trinajstić information content (AvgIpc) is 2.46. The van der Waals surface area contributed by atoms with Gasteiger partial charge in [-0.1, -0.05) is 30.3 Å². The Balaban J connectivity index is 2.00. The van der Waals surface area contributed by atoms with E-state index in [1.165, 1.54) is 0 Å². The molecule has 0 aliphatic rings. The fourth-order valence-corrected chi connectivity index (χ4v) is 1.94. The second-order valence-electron chi connectivity index (χ2n) is 4.54. The molecule has 0 bridgehead atoms. The molecule has 0 spiro atoms. The summed E-state index contributed by atoms with van der Waals surface area (Å²) in [6.07, 6.45) is 0. The van der Waals surface area contributed by atoms with Gasteiger partial charge in [0.2, 0.25) is 0 Å². The summed E-state index contributed by atoms with van der Waals surface area (Å²) in [7, 11) is 0. The molecule has 0 amide bonds. The van der Waals surface area contributed by atoms with Crippen LogP contribution in [0.4, 0.5) is 5.69 Å². The second kappa shape index (κ2) is 6.03. The molecule has 3 heteroatoms. The van der Waals surface area contributed by atoms with Gasteiger partial charge in [-0.2, -0.15) is 5.26 Å². The first kappa shape index (κ1) is 13.1. The molecule has 0 saturated heterocycles. The van der Waals surface area contributed by atoms with Crippen molar-refractivity contribution in [1.82, 2.24) is 0 Å². The first-order valence-corrected chi connectivity index (χ1v) is 6.26. The van der Waals surface area contributed by atoms with Gasteiger partial charge in [0.15, 0.2) is 0 Å². The second-order valence-corrected chi connectivity index (χ2v) is 4.54. The van der Waals surface area contributed by atoms with Gasteiger partial charge in [-0.05, 0) is 36.2 Å². The molecule has 0 aliphatic heterocycles. The Morgan fingerprint density at radius 3 is 2.58 bits per heavy atom. The highest BCUT2D eigenvalue weighted by Gasteiger charge is 2.05. The summed E-state index contributed by atoms with van der Waals surface area (Å²) in [5.74, 6) is 0. The molecule has 2 rings (SSSR count). The molecule has 0 heterocycles. The lowest BCUT2D eigenvalue weighted by Gasteiger charge is -2.14. The third kappa shape index (κ3) is 3.34. The molecule has 1 unspecified atom stereocenters. The van der Waals surface area contributed by atoms with Crippen LogP contribution in [0.5, 0.6) is 0 Å². The van der Waals surface area contributed by atoms with E-state index in [0.29, 0.717) is 12.1 Å². The molecule has 3 N–H and O–H groups in total. The van der Waals surface area contributed by atoms with Crippen LogP contribution in [0.1, 0.15) is 22.7 Å². The topological polar surface area (TPSA) is 61.8 Å². The maximum absolute atomic E-state index is 8.89. The van der Waals surface area contributed by atoms with Crippen molar-refractivity contribution in [1.29, 1.82) is 5.26 Å². The summed E-state index contributed by atoms with van der Waals surface area (Å²) < 4.78 is 0. The van der Waals surface area contributed by atoms with Gasteiger partial charge in [-0.25, -0.2) is 0 Å². The Hall–Kier alpha value is -2.31. The van der Waals surface area contributed by atoms with E-state index < -0.39 is 0 Å². The van der Waals surface area contributed by atoms with E-state index in [4.69, 9.17) is 11.0 Å². The molecule has 19 heavy (non-hydrogen) atoms. The molecule has 2 aromatic carbocycles. The lowest BCUT2D eigenvalue weighted by molar-refractivity contribution is 0.764. The van der Waals surface area contributed by atoms with Crippen molar-refractivity contribution in [2.24, 2.45) is 5.73 Å². The Morgan fingerprint density at radius 1 is 1.21 bits per heavy atom. The zero-order valence-corrected chi connectivity index (χ0v) is 10.9. The van der Waals surface area contributed by atoms with Crippen molar-refractivity contribution in [3.8, 4) is 6.07 Å². The summed E-state index contributed by atoms with van der Waals surface area (Å²) in [5, 5.41) is 12.2. The highest BCUT2D eigenvalue weighted by atomic mass is 14.9. The fraction of sp³-hybridized carbons (Fsp3) is 0.188. The Kier molecular flexibility index (Phi) is 4.17. The highest BCUT2D eigenvalue weighted by molar-refractivity contribution is 5.51. The van der Waals surface area contributed by atoms with Crippen molar-refractivity contribution < 1.29 is 0 Å². The molecule has 3 nitrogen and oxygen atoms in total. The van der Waals surface area contributed by atoms with Crippen LogP contribution in [-0.2, 0) is 0 Å². The van der Waals surface area contributed by atoms with E-state index >= 15 is 0 Å². The van der Waals surface area contributed by atoms with Gasteiger partial charge in [0, 0.05) is 18.3 Å². The minimum atomic E-state index is -0.0443. The standard InChI is InChI=1S/C16H17N3/c1-12-9-15(8-7-14(12)10-17)19-11-16(18)13-5-3-2-4-6-13/h2-9,16,19H,11,18H2,1H3. The van der Waals surface area contributed by atoms with E-state index in [2.05, 4.69) is 11.4 Å². The maximum Gasteiger partial charge on any atom is 0.0994 e. The van der Waals surface area contributed by atoms with Gasteiger partial charge >= 0.3 is 0 Å². The van der Waals surface area contributed by atoms with Crippen LogP contribution >= 0.6 is 0 Å². The van der Waals surface area contributed by atoms with Crippen molar-refractivity contribution in [3.63, 3.8) is 0 Å². The predicted octanol–water partition coefficient (Wildman–Crippen LogP) is 2.98. The minimum Gasteiger partial charge on any atom is -0.383 e. The molecule has 96 valence electrons. The van der Waals surface area contributed by atoms with E-state index in [0.717, 1.165) is 16.8 Å². The Morgan fingerprint density at radius 2 is 1.95 bits per heavy atom. The van der Waals surface area contributed by atoms with Crippen LogP contribution in [0.25, 0.3) is 0 Å². The van der Waals surface area contributed by atoms with Crippen LogP contribution in [0.15, 0.2) is 48.5 Å². The highest BCUT2D eigenvalue weighted by Crippen LogP contribution is 2.16. The SMILES string of the molecule is Cc1cc(NCC(N)c2ccccc2)ccc1C#N. The van der Waals surface area contributed by atoms with Crippen LogP contribution < -0.4 is 11.1 Å². The Labute approximate surface area is 113 Å². The van der Waals surface area contributed by atoms with Crippen LogP contribution in [0.3, 0.4) is 0 Å². The van der Waals surface area contributed by atoms with Gasteiger partial charge in [-0.3, -0.25) is 0 Å². The number of nitrogens with one attached hydrogen (secondary N) is 1. The molecule has 0 aromatic heterocycles. The van der Waals surface area contributed by atoms with Crippen molar-refractivity contribution >= 4 is 5.69 Å². The van der Waals surface area contributed by atoms with Crippen LogP contribution in [0, 0.1) is 18.3 Å². The third-order valence-electron chi connectivity index (χ3n) is 3.10. The predicted molar refractivity (Wildman–Crippen MR) is 77.8 cm³/mol. The fourth-order valence-electron chi connectivity index (χ4n) is 1.94. The van der Waals surface area contributed by atoms with Crippen LogP contribution in [0.2, 0.25) is 0 Å². The van der Waals surface area contributed by atoms with Gasteiger partial charge in [0.25, 0.3) is 0 Å². The number of aryl methyl sites for hydroxylation is 1. The zero-order valence-electron chi connectivity index (χ0n) is 10.9. The number of nitriles is 1. The lowest BCUT2D eigenvalue weighted by atomic mass is 10.1. The molecule has 2 aromatic rings. The Bertz CT molecular complexity index is 585. The van der Waals surface area contributed by atoms with Gasteiger partial charge in [-0.15, -0.1) is 0 Å². The van der Waals surface area contributed by atoms with Gasteiger partial charge in [0.05, 0.1) is 11.6 Å². The number of benzene rings is 2. The quantitative estimate of drug-likeness (QED) is 0.878. The number of nitrogens with two attached hydrogens (primary N) is 1. The molecule has 0 aliphatic carbocycles. The lowest BCUT2D eigenvalue weighted by Crippen LogP contribution is -2.20. The number of hydrogen-bond donors (Lipinski definition) is 2. The zero-order chi connectivity index (χ0) is 13.7.